The number of hydrogen-bond donors (Lipinski definition) is 1. The molecule has 0 unspecified atom stereocenters. The van der Waals surface area contributed by atoms with Crippen LogP contribution in [0.1, 0.15) is 0 Å². The van der Waals surface area contributed by atoms with Crippen LogP contribution < -0.4 is 0 Å². The van der Waals surface area contributed by atoms with Gasteiger partial charge in [-0.1, -0.05) is 54.6 Å². The first kappa shape index (κ1) is 15.1. The first-order valence-electron chi connectivity index (χ1n) is 8.56. The van der Waals surface area contributed by atoms with Crippen LogP contribution in [0.2, 0.25) is 0 Å². The molecule has 124 valence electrons. The summed E-state index contributed by atoms with van der Waals surface area (Å²) in [4.78, 5) is 9.50. The molecule has 1 N–H and O–H groups in total. The molecule has 0 amide bonds. The Morgan fingerprint density at radius 2 is 1.54 bits per heavy atom. The molecular weight excluding hydrogens is 336 g/mol. The van der Waals surface area contributed by atoms with Crippen molar-refractivity contribution >= 4 is 22.2 Å². The number of para-hydroxylation sites is 1. The third kappa shape index (κ3) is 2.63. The normalized spacial score (nSPS) is 11.1. The second-order valence-electron chi connectivity index (χ2n) is 6.22. The predicted molar refractivity (Wildman–Crippen MR) is 110 cm³/mol. The van der Waals surface area contributed by atoms with Gasteiger partial charge in [-0.3, -0.25) is 0 Å². The smallest absolute Gasteiger partial charge is 0.0815 e. The minimum atomic E-state index is 0.997. The van der Waals surface area contributed by atoms with Crippen LogP contribution in [-0.4, -0.2) is 9.97 Å². The lowest BCUT2D eigenvalue weighted by Gasteiger charge is -2.08. The number of nitrogens with zero attached hydrogens (tertiary/aromatic N) is 1. The molecular formula is C23H16N2S. The summed E-state index contributed by atoms with van der Waals surface area (Å²) in [5.41, 5.74) is 6.68. The maximum absolute atomic E-state index is 4.94. The van der Waals surface area contributed by atoms with Crippen molar-refractivity contribution in [1.82, 2.24) is 9.97 Å². The summed E-state index contributed by atoms with van der Waals surface area (Å²) in [5.74, 6) is 0. The quantitative estimate of drug-likeness (QED) is 0.388. The Morgan fingerprint density at radius 3 is 2.38 bits per heavy atom. The molecule has 0 saturated carbocycles. The predicted octanol–water partition coefficient (Wildman–Crippen LogP) is 6.63. The number of fused-ring (bicyclic) bond motifs is 1. The molecule has 0 atom stereocenters. The molecule has 3 aromatic heterocycles. The number of aromatic amines is 1. The van der Waals surface area contributed by atoms with E-state index in [2.05, 4.69) is 89.4 Å². The van der Waals surface area contributed by atoms with Crippen molar-refractivity contribution in [2.75, 3.05) is 0 Å². The van der Waals surface area contributed by atoms with Gasteiger partial charge < -0.3 is 4.98 Å². The van der Waals surface area contributed by atoms with Crippen LogP contribution in [0.4, 0.5) is 0 Å². The van der Waals surface area contributed by atoms with Gasteiger partial charge in [0.15, 0.2) is 0 Å². The third-order valence-electron chi connectivity index (χ3n) is 4.57. The van der Waals surface area contributed by atoms with Crippen molar-refractivity contribution in [2.45, 2.75) is 0 Å². The van der Waals surface area contributed by atoms with Crippen molar-refractivity contribution in [1.29, 1.82) is 0 Å². The summed E-state index contributed by atoms with van der Waals surface area (Å²) in [5, 5.41) is 3.33. The topological polar surface area (TPSA) is 28.7 Å². The zero-order valence-corrected chi connectivity index (χ0v) is 14.8. The van der Waals surface area contributed by atoms with Crippen molar-refractivity contribution < 1.29 is 0 Å². The van der Waals surface area contributed by atoms with Crippen LogP contribution in [0.25, 0.3) is 43.9 Å². The van der Waals surface area contributed by atoms with Gasteiger partial charge in [0, 0.05) is 28.2 Å². The molecule has 2 nitrogen and oxygen atoms in total. The maximum Gasteiger partial charge on any atom is 0.0815 e. The SMILES string of the molecule is c1ccc(-c2cc(-c3c[nH]c4ccccc34)cc(-c3cccs3)n2)cc1. The number of H-pyrrole nitrogens is 1. The number of nitrogens with one attached hydrogen (secondary N) is 1. The minimum absolute atomic E-state index is 0.997. The molecule has 0 aliphatic heterocycles. The Morgan fingerprint density at radius 1 is 0.731 bits per heavy atom. The molecule has 3 heterocycles. The monoisotopic (exact) mass is 352 g/mol. The highest BCUT2D eigenvalue weighted by molar-refractivity contribution is 7.13. The first-order chi connectivity index (χ1) is 12.9. The van der Waals surface area contributed by atoms with Crippen LogP contribution >= 0.6 is 11.3 Å². The molecule has 26 heavy (non-hydrogen) atoms. The zero-order chi connectivity index (χ0) is 17.3. The minimum Gasteiger partial charge on any atom is -0.361 e. The molecule has 2 aromatic carbocycles. The van der Waals surface area contributed by atoms with Crippen LogP contribution in [0.15, 0.2) is 90.4 Å². The van der Waals surface area contributed by atoms with E-state index in [1.165, 1.54) is 21.4 Å². The number of rotatable bonds is 3. The van der Waals surface area contributed by atoms with Crippen molar-refractivity contribution in [3.63, 3.8) is 0 Å². The van der Waals surface area contributed by atoms with Gasteiger partial charge >= 0.3 is 0 Å². The Labute approximate surface area is 155 Å². The van der Waals surface area contributed by atoms with E-state index in [4.69, 9.17) is 4.98 Å². The van der Waals surface area contributed by atoms with Crippen LogP contribution in [0.3, 0.4) is 0 Å². The third-order valence-corrected chi connectivity index (χ3v) is 5.46. The average molecular weight is 352 g/mol. The largest absolute Gasteiger partial charge is 0.361 e. The van der Waals surface area contributed by atoms with Crippen LogP contribution in [0.5, 0.6) is 0 Å². The number of hydrogen-bond acceptors (Lipinski definition) is 2. The molecule has 5 rings (SSSR count). The van der Waals surface area contributed by atoms with Crippen molar-refractivity contribution in [3.8, 4) is 33.0 Å². The number of aromatic nitrogens is 2. The first-order valence-corrected chi connectivity index (χ1v) is 9.44. The highest BCUT2D eigenvalue weighted by atomic mass is 32.1. The van der Waals surface area contributed by atoms with E-state index >= 15 is 0 Å². The molecule has 5 aromatic rings. The van der Waals surface area contributed by atoms with E-state index in [0.29, 0.717) is 0 Å². The molecule has 0 spiro atoms. The van der Waals surface area contributed by atoms with Gasteiger partial charge in [-0.2, -0.15) is 0 Å². The Balaban J connectivity index is 1.76. The summed E-state index contributed by atoms with van der Waals surface area (Å²) < 4.78 is 0. The van der Waals surface area contributed by atoms with E-state index < -0.39 is 0 Å². The average Bonchev–Trinajstić information content (AvgIpc) is 3.38. The molecule has 0 saturated heterocycles. The van der Waals surface area contributed by atoms with E-state index in [0.717, 1.165) is 22.5 Å². The fourth-order valence-corrected chi connectivity index (χ4v) is 3.99. The second-order valence-corrected chi connectivity index (χ2v) is 7.17. The zero-order valence-electron chi connectivity index (χ0n) is 14.0. The van der Waals surface area contributed by atoms with Gasteiger partial charge in [-0.05, 0) is 35.2 Å². The lowest BCUT2D eigenvalue weighted by atomic mass is 10.0. The van der Waals surface area contributed by atoms with Gasteiger partial charge in [-0.25, -0.2) is 4.98 Å². The highest BCUT2D eigenvalue weighted by Gasteiger charge is 2.12. The second kappa shape index (κ2) is 6.28. The van der Waals surface area contributed by atoms with Crippen molar-refractivity contribution in [3.05, 3.63) is 90.4 Å². The van der Waals surface area contributed by atoms with Crippen molar-refractivity contribution in [2.24, 2.45) is 0 Å². The molecule has 0 aliphatic rings. The van der Waals surface area contributed by atoms with Gasteiger partial charge in [0.1, 0.15) is 0 Å². The standard InChI is InChI=1S/C23H16N2S/c1-2-7-16(8-3-1)21-13-17(14-22(25-21)23-11-6-12-26-23)19-15-24-20-10-5-4-9-18(19)20/h1-15,24H. The number of thiophene rings is 1. The fraction of sp³-hybridized carbons (Fsp3) is 0. The van der Waals surface area contributed by atoms with E-state index in [1.807, 2.05) is 6.07 Å². The fourth-order valence-electron chi connectivity index (χ4n) is 3.30. The summed E-state index contributed by atoms with van der Waals surface area (Å²) in [7, 11) is 0. The van der Waals surface area contributed by atoms with E-state index in [9.17, 15) is 0 Å². The number of benzene rings is 2. The van der Waals surface area contributed by atoms with E-state index in [-0.39, 0.29) is 0 Å². The van der Waals surface area contributed by atoms with Gasteiger partial charge in [0.05, 0.1) is 16.3 Å². The van der Waals surface area contributed by atoms with Gasteiger partial charge in [-0.15, -0.1) is 11.3 Å². The highest BCUT2D eigenvalue weighted by Crippen LogP contribution is 2.34. The molecule has 0 aliphatic carbocycles. The molecule has 0 radical (unpaired) electrons. The Kier molecular flexibility index (Phi) is 3.65. The summed E-state index contributed by atoms with van der Waals surface area (Å²) in [6.45, 7) is 0. The Bertz CT molecular complexity index is 1170. The number of pyridine rings is 1. The summed E-state index contributed by atoms with van der Waals surface area (Å²) >= 11 is 1.72. The van der Waals surface area contributed by atoms with Crippen LogP contribution in [-0.2, 0) is 0 Å². The molecule has 0 bridgehead atoms. The molecule has 0 fully saturated rings. The maximum atomic E-state index is 4.94. The lowest BCUT2D eigenvalue weighted by molar-refractivity contribution is 1.33. The lowest BCUT2D eigenvalue weighted by Crippen LogP contribution is -1.89. The Hall–Kier alpha value is -3.17. The molecule has 3 heteroatoms. The van der Waals surface area contributed by atoms with Gasteiger partial charge in [0.2, 0.25) is 0 Å². The summed E-state index contributed by atoms with van der Waals surface area (Å²) in [6, 6.07) is 27.3. The summed E-state index contributed by atoms with van der Waals surface area (Å²) in [6.07, 6.45) is 2.09. The van der Waals surface area contributed by atoms with Crippen LogP contribution in [0, 0.1) is 0 Å². The van der Waals surface area contributed by atoms with Gasteiger partial charge in [0.25, 0.3) is 0 Å². The van der Waals surface area contributed by atoms with E-state index in [1.54, 1.807) is 11.3 Å².